The number of sulfone groups is 1. The summed E-state index contributed by atoms with van der Waals surface area (Å²) in [7, 11) is -1.51. The number of rotatable bonds is 6. The second kappa shape index (κ2) is 7.65. The van der Waals surface area contributed by atoms with Crippen LogP contribution in [0.4, 0.5) is 0 Å². The normalized spacial score (nSPS) is 11.3. The third-order valence-electron chi connectivity index (χ3n) is 3.91. The number of aryl methyl sites for hydroxylation is 1. The summed E-state index contributed by atoms with van der Waals surface area (Å²) in [5.41, 5.74) is 1.98. The highest BCUT2D eigenvalue weighted by atomic mass is 32.2. The first kappa shape index (κ1) is 18.9. The summed E-state index contributed by atoms with van der Waals surface area (Å²) in [4.78, 5) is 28.9. The molecule has 0 unspecified atom stereocenters. The number of nitrogens with one attached hydrogen (secondary N) is 1. The Morgan fingerprint density at radius 3 is 2.44 bits per heavy atom. The zero-order chi connectivity index (χ0) is 18.6. The Kier molecular flexibility index (Phi) is 5.79. The van der Waals surface area contributed by atoms with Crippen LogP contribution < -0.4 is 5.56 Å². The predicted molar refractivity (Wildman–Crippen MR) is 98.5 cm³/mol. The molecule has 1 aromatic heterocycles. The highest BCUT2D eigenvalue weighted by Gasteiger charge is 2.18. The van der Waals surface area contributed by atoms with Gasteiger partial charge in [0, 0.05) is 31.1 Å². The Labute approximate surface area is 147 Å². The molecule has 0 aliphatic carbocycles. The van der Waals surface area contributed by atoms with Gasteiger partial charge >= 0.3 is 0 Å². The Hall–Kier alpha value is -2.41. The summed E-state index contributed by atoms with van der Waals surface area (Å²) in [6.07, 6.45) is 1.49. The highest BCUT2D eigenvalue weighted by Crippen LogP contribution is 2.21. The van der Waals surface area contributed by atoms with Crippen LogP contribution in [0.2, 0.25) is 0 Å². The number of H-pyrrole nitrogens is 1. The topological polar surface area (TPSA) is 87.3 Å². The molecule has 0 radical (unpaired) electrons. The molecule has 6 nitrogen and oxygen atoms in total. The molecule has 25 heavy (non-hydrogen) atoms. The fraction of sp³-hybridized carbons (Fsp3) is 0.333. The maximum absolute atomic E-state index is 12.6. The number of aromatic nitrogens is 1. The second-order valence-electron chi connectivity index (χ2n) is 6.13. The van der Waals surface area contributed by atoms with E-state index >= 15 is 0 Å². The van der Waals surface area contributed by atoms with E-state index in [2.05, 4.69) is 4.98 Å². The van der Waals surface area contributed by atoms with Crippen molar-refractivity contribution in [1.82, 2.24) is 9.88 Å². The van der Waals surface area contributed by atoms with Gasteiger partial charge in [-0.3, -0.25) is 9.59 Å². The molecule has 0 spiro atoms. The van der Waals surface area contributed by atoms with Crippen LogP contribution in [0, 0.1) is 6.92 Å². The van der Waals surface area contributed by atoms with Crippen LogP contribution in [-0.4, -0.2) is 49.8 Å². The molecule has 0 saturated heterocycles. The van der Waals surface area contributed by atoms with Crippen molar-refractivity contribution in [1.29, 1.82) is 0 Å². The first-order valence-corrected chi connectivity index (χ1v) is 9.97. The Morgan fingerprint density at radius 2 is 1.84 bits per heavy atom. The Balaban J connectivity index is 2.26. The predicted octanol–water partition coefficient (Wildman–Crippen LogP) is 1.86. The van der Waals surface area contributed by atoms with Crippen molar-refractivity contribution < 1.29 is 13.2 Å². The monoisotopic (exact) mass is 362 g/mol. The average Bonchev–Trinajstić information content (AvgIpc) is 2.54. The van der Waals surface area contributed by atoms with E-state index in [0.29, 0.717) is 12.1 Å². The van der Waals surface area contributed by atoms with Crippen molar-refractivity contribution in [3.05, 3.63) is 58.0 Å². The summed E-state index contributed by atoms with van der Waals surface area (Å²) < 4.78 is 22.4. The molecule has 2 rings (SSSR count). The van der Waals surface area contributed by atoms with Crippen LogP contribution >= 0.6 is 0 Å². The molecule has 0 aliphatic rings. The molecule has 1 heterocycles. The third-order valence-corrected chi connectivity index (χ3v) is 4.94. The molecule has 1 N–H and O–H groups in total. The van der Waals surface area contributed by atoms with Gasteiger partial charge in [-0.25, -0.2) is 8.42 Å². The maximum Gasteiger partial charge on any atom is 0.261 e. The minimum atomic E-state index is -3.07. The number of carbonyl (C=O) groups excluding carboxylic acids is 1. The molecule has 0 fully saturated rings. The smallest absolute Gasteiger partial charge is 0.261 e. The Morgan fingerprint density at radius 1 is 1.20 bits per heavy atom. The zero-order valence-electron chi connectivity index (χ0n) is 14.6. The largest absolute Gasteiger partial charge is 0.342 e. The van der Waals surface area contributed by atoms with E-state index in [0.717, 1.165) is 17.4 Å². The molecular weight excluding hydrogens is 340 g/mol. The van der Waals surface area contributed by atoms with Gasteiger partial charge in [0.1, 0.15) is 15.4 Å². The SMILES string of the molecule is Cc1[nH]c(=O)c(C(=O)N(C)CCCS(C)(=O)=O)cc1-c1ccccc1. The van der Waals surface area contributed by atoms with E-state index in [-0.39, 0.29) is 17.9 Å². The minimum absolute atomic E-state index is 0.00411. The molecule has 0 bridgehead atoms. The Bertz CT molecular complexity index is 918. The molecule has 7 heteroatoms. The third kappa shape index (κ3) is 5.03. The lowest BCUT2D eigenvalue weighted by Crippen LogP contribution is -2.33. The zero-order valence-corrected chi connectivity index (χ0v) is 15.4. The van der Waals surface area contributed by atoms with Gasteiger partial charge in [0.05, 0.1) is 5.75 Å². The summed E-state index contributed by atoms with van der Waals surface area (Å²) in [6.45, 7) is 2.05. The van der Waals surface area contributed by atoms with E-state index in [1.165, 1.54) is 4.90 Å². The molecule has 0 saturated carbocycles. The van der Waals surface area contributed by atoms with Gasteiger partial charge in [0.15, 0.2) is 0 Å². The van der Waals surface area contributed by atoms with Gasteiger partial charge in [0.2, 0.25) is 0 Å². The number of aromatic amines is 1. The average molecular weight is 362 g/mol. The molecule has 0 aliphatic heterocycles. The molecule has 2 aromatic rings. The van der Waals surface area contributed by atoms with Crippen molar-refractivity contribution in [2.24, 2.45) is 0 Å². The van der Waals surface area contributed by atoms with E-state index in [9.17, 15) is 18.0 Å². The molecule has 0 atom stereocenters. The summed E-state index contributed by atoms with van der Waals surface area (Å²) >= 11 is 0. The molecule has 1 aromatic carbocycles. The standard InChI is InChI=1S/C18H22N2O4S/c1-13-15(14-8-5-4-6-9-14)12-16(17(21)19-13)18(22)20(2)10-7-11-25(3,23)24/h4-6,8-9,12H,7,10-11H2,1-3H3,(H,19,21). The van der Waals surface area contributed by atoms with Crippen molar-refractivity contribution >= 4 is 15.7 Å². The van der Waals surface area contributed by atoms with Gasteiger partial charge in [0.25, 0.3) is 11.5 Å². The van der Waals surface area contributed by atoms with E-state index in [1.54, 1.807) is 20.0 Å². The number of benzene rings is 1. The van der Waals surface area contributed by atoms with E-state index in [4.69, 9.17) is 0 Å². The summed E-state index contributed by atoms with van der Waals surface area (Å²) in [6, 6.07) is 11.1. The van der Waals surface area contributed by atoms with Gasteiger partial charge in [-0.1, -0.05) is 30.3 Å². The van der Waals surface area contributed by atoms with Crippen molar-refractivity contribution in [3.8, 4) is 11.1 Å². The number of pyridine rings is 1. The lowest BCUT2D eigenvalue weighted by atomic mass is 10.0. The summed E-state index contributed by atoms with van der Waals surface area (Å²) in [5, 5.41) is 0. The quantitative estimate of drug-likeness (QED) is 0.850. The van der Waals surface area contributed by atoms with Crippen LogP contribution in [0.3, 0.4) is 0 Å². The highest BCUT2D eigenvalue weighted by molar-refractivity contribution is 7.90. The first-order valence-electron chi connectivity index (χ1n) is 7.91. The van der Waals surface area contributed by atoms with Gasteiger partial charge in [-0.2, -0.15) is 0 Å². The minimum Gasteiger partial charge on any atom is -0.342 e. The number of hydrogen-bond donors (Lipinski definition) is 1. The number of carbonyl (C=O) groups is 1. The number of hydrogen-bond acceptors (Lipinski definition) is 4. The van der Waals surface area contributed by atoms with Gasteiger partial charge in [-0.15, -0.1) is 0 Å². The molecule has 1 amide bonds. The molecule has 134 valence electrons. The van der Waals surface area contributed by atoms with Crippen LogP contribution in [0.15, 0.2) is 41.2 Å². The number of amides is 1. The number of nitrogens with zero attached hydrogens (tertiary/aromatic N) is 1. The van der Waals surface area contributed by atoms with E-state index in [1.807, 2.05) is 30.3 Å². The van der Waals surface area contributed by atoms with Crippen LogP contribution in [-0.2, 0) is 9.84 Å². The van der Waals surface area contributed by atoms with Crippen molar-refractivity contribution in [3.63, 3.8) is 0 Å². The molecular formula is C18H22N2O4S. The fourth-order valence-electron chi connectivity index (χ4n) is 2.57. The fourth-order valence-corrected chi connectivity index (χ4v) is 3.22. The van der Waals surface area contributed by atoms with Crippen molar-refractivity contribution in [2.45, 2.75) is 13.3 Å². The first-order chi connectivity index (χ1) is 11.7. The van der Waals surface area contributed by atoms with E-state index < -0.39 is 21.3 Å². The van der Waals surface area contributed by atoms with Crippen LogP contribution in [0.1, 0.15) is 22.5 Å². The van der Waals surface area contributed by atoms with Crippen LogP contribution in [0.25, 0.3) is 11.1 Å². The van der Waals surface area contributed by atoms with Gasteiger partial charge in [-0.05, 0) is 25.0 Å². The van der Waals surface area contributed by atoms with Gasteiger partial charge < -0.3 is 9.88 Å². The second-order valence-corrected chi connectivity index (χ2v) is 8.39. The lowest BCUT2D eigenvalue weighted by molar-refractivity contribution is 0.0793. The lowest BCUT2D eigenvalue weighted by Gasteiger charge is -2.17. The van der Waals surface area contributed by atoms with Crippen molar-refractivity contribution in [2.75, 3.05) is 25.6 Å². The van der Waals surface area contributed by atoms with Crippen LogP contribution in [0.5, 0.6) is 0 Å². The summed E-state index contributed by atoms with van der Waals surface area (Å²) in [5.74, 6) is -0.420. The maximum atomic E-state index is 12.6.